The van der Waals surface area contributed by atoms with Crippen LogP contribution >= 0.6 is 23.1 Å². The van der Waals surface area contributed by atoms with Gasteiger partial charge in [0, 0.05) is 15.0 Å². The Labute approximate surface area is 117 Å². The van der Waals surface area contributed by atoms with Gasteiger partial charge in [0.05, 0.1) is 12.3 Å². The van der Waals surface area contributed by atoms with Gasteiger partial charge >= 0.3 is 0 Å². The number of carbonyl (C=O) groups is 1. The number of carbonyl (C=O) groups excluding carboxylic acids is 1. The van der Waals surface area contributed by atoms with E-state index in [1.165, 1.54) is 22.6 Å². The van der Waals surface area contributed by atoms with Crippen molar-refractivity contribution in [2.45, 2.75) is 31.6 Å². The molecule has 0 atom stereocenters. The Morgan fingerprint density at radius 2 is 2.28 bits per heavy atom. The number of thioether (sulfide) groups is 1. The molecule has 0 saturated carbocycles. The molecule has 100 valence electrons. The van der Waals surface area contributed by atoms with Crippen molar-refractivity contribution >= 4 is 29.0 Å². The first kappa shape index (κ1) is 13.9. The summed E-state index contributed by atoms with van der Waals surface area (Å²) in [5.41, 5.74) is 0. The van der Waals surface area contributed by atoms with E-state index < -0.39 is 0 Å². The summed E-state index contributed by atoms with van der Waals surface area (Å²) in [5, 5.41) is 6.98. The van der Waals surface area contributed by atoms with Crippen LogP contribution in [0.25, 0.3) is 0 Å². The van der Waals surface area contributed by atoms with Crippen molar-refractivity contribution in [1.29, 1.82) is 0 Å². The normalized spacial score (nSPS) is 16.7. The molecule has 0 bridgehead atoms. The number of nitrogens with one attached hydrogen (secondary N) is 2. The van der Waals surface area contributed by atoms with Crippen molar-refractivity contribution in [3.05, 3.63) is 21.9 Å². The lowest BCUT2D eigenvalue weighted by atomic mass is 10.2. The summed E-state index contributed by atoms with van der Waals surface area (Å²) in [5.74, 6) is 0.749. The molecule has 0 aromatic carbocycles. The van der Waals surface area contributed by atoms with Gasteiger partial charge in [0.25, 0.3) is 0 Å². The molecule has 0 radical (unpaired) electrons. The minimum Gasteiger partial charge on any atom is -0.350 e. The lowest BCUT2D eigenvalue weighted by Gasteiger charge is -2.21. The molecule has 0 unspecified atom stereocenters. The van der Waals surface area contributed by atoms with Crippen LogP contribution in [0, 0.1) is 6.92 Å². The lowest BCUT2D eigenvalue weighted by Crippen LogP contribution is -2.31. The summed E-state index contributed by atoms with van der Waals surface area (Å²) >= 11 is 3.54. The van der Waals surface area contributed by atoms with Gasteiger partial charge in [-0.05, 0) is 45.0 Å². The third-order valence-corrected chi connectivity index (χ3v) is 5.36. The van der Waals surface area contributed by atoms with E-state index in [-0.39, 0.29) is 5.91 Å². The van der Waals surface area contributed by atoms with E-state index in [1.54, 1.807) is 23.1 Å². The van der Waals surface area contributed by atoms with E-state index >= 15 is 0 Å². The molecule has 18 heavy (non-hydrogen) atoms. The molecule has 0 aliphatic carbocycles. The smallest absolute Gasteiger partial charge is 0.230 e. The Kier molecular flexibility index (Phi) is 5.53. The zero-order valence-electron chi connectivity index (χ0n) is 10.7. The van der Waals surface area contributed by atoms with E-state index in [2.05, 4.69) is 29.7 Å². The van der Waals surface area contributed by atoms with E-state index in [1.807, 2.05) is 0 Å². The molecule has 1 fully saturated rings. The topological polar surface area (TPSA) is 41.1 Å². The average Bonchev–Trinajstić information content (AvgIpc) is 2.81. The Hall–Kier alpha value is -0.520. The second kappa shape index (κ2) is 7.16. The summed E-state index contributed by atoms with van der Waals surface area (Å²) < 4.78 is 0. The largest absolute Gasteiger partial charge is 0.350 e. The molecule has 2 N–H and O–H groups in total. The number of piperidine rings is 1. The number of aryl methyl sites for hydroxylation is 1. The van der Waals surface area contributed by atoms with Crippen molar-refractivity contribution in [2.24, 2.45) is 0 Å². The third-order valence-electron chi connectivity index (χ3n) is 2.99. The number of amides is 1. The number of rotatable bonds is 5. The van der Waals surface area contributed by atoms with Crippen LogP contribution in [0.1, 0.15) is 22.6 Å². The molecule has 0 spiro atoms. The zero-order valence-corrected chi connectivity index (χ0v) is 12.3. The molecule has 3 nitrogen and oxygen atoms in total. The highest BCUT2D eigenvalue weighted by molar-refractivity contribution is 8.00. The fourth-order valence-electron chi connectivity index (χ4n) is 1.97. The van der Waals surface area contributed by atoms with Crippen LogP contribution in [0.2, 0.25) is 0 Å². The maximum Gasteiger partial charge on any atom is 0.230 e. The van der Waals surface area contributed by atoms with E-state index in [9.17, 15) is 4.79 Å². The molecular formula is C13H20N2OS2. The molecular weight excluding hydrogens is 264 g/mol. The molecule has 1 aromatic rings. The molecule has 5 heteroatoms. The summed E-state index contributed by atoms with van der Waals surface area (Å²) in [4.78, 5) is 14.2. The van der Waals surface area contributed by atoms with E-state index in [0.717, 1.165) is 13.1 Å². The van der Waals surface area contributed by atoms with Gasteiger partial charge in [-0.25, -0.2) is 0 Å². The minimum atomic E-state index is 0.157. The monoisotopic (exact) mass is 284 g/mol. The Bertz CT molecular complexity index is 386. The third kappa shape index (κ3) is 4.63. The predicted octanol–water partition coefficient (Wildman–Crippen LogP) is 2.16. The molecule has 1 aromatic heterocycles. The van der Waals surface area contributed by atoms with Gasteiger partial charge in [-0.2, -0.15) is 0 Å². The highest BCUT2D eigenvalue weighted by Crippen LogP contribution is 2.20. The van der Waals surface area contributed by atoms with Crippen LogP contribution in [0.4, 0.5) is 0 Å². The average molecular weight is 284 g/mol. The highest BCUT2D eigenvalue weighted by Gasteiger charge is 2.14. The van der Waals surface area contributed by atoms with Crippen LogP contribution in [0.15, 0.2) is 12.1 Å². The first-order valence-electron chi connectivity index (χ1n) is 6.38. The van der Waals surface area contributed by atoms with Crippen molar-refractivity contribution in [3.8, 4) is 0 Å². The second-order valence-electron chi connectivity index (χ2n) is 4.55. The van der Waals surface area contributed by atoms with Crippen LogP contribution < -0.4 is 10.6 Å². The predicted molar refractivity (Wildman–Crippen MR) is 79.3 cm³/mol. The van der Waals surface area contributed by atoms with Gasteiger partial charge in [0.15, 0.2) is 0 Å². The maximum absolute atomic E-state index is 11.7. The van der Waals surface area contributed by atoms with Gasteiger partial charge in [-0.3, -0.25) is 4.79 Å². The molecule has 1 saturated heterocycles. The summed E-state index contributed by atoms with van der Waals surface area (Å²) in [7, 11) is 0. The Morgan fingerprint density at radius 1 is 1.50 bits per heavy atom. The number of hydrogen-bond donors (Lipinski definition) is 2. The quantitative estimate of drug-likeness (QED) is 0.870. The van der Waals surface area contributed by atoms with Crippen molar-refractivity contribution in [1.82, 2.24) is 10.6 Å². The Balaban J connectivity index is 1.62. The summed E-state index contributed by atoms with van der Waals surface area (Å²) in [6, 6.07) is 4.18. The highest BCUT2D eigenvalue weighted by atomic mass is 32.2. The Morgan fingerprint density at radius 3 is 2.94 bits per heavy atom. The van der Waals surface area contributed by atoms with Crippen molar-refractivity contribution in [2.75, 3.05) is 18.8 Å². The standard InChI is InChI=1S/C13H20N2OS2/c1-10-2-3-12(18-10)8-15-13(16)9-17-11-4-6-14-7-5-11/h2-3,11,14H,4-9H2,1H3,(H,15,16). The second-order valence-corrected chi connectivity index (χ2v) is 7.21. The zero-order chi connectivity index (χ0) is 12.8. The van der Waals surface area contributed by atoms with Gasteiger partial charge in [0.1, 0.15) is 0 Å². The first-order valence-corrected chi connectivity index (χ1v) is 8.25. The fourth-order valence-corrected chi connectivity index (χ4v) is 3.86. The molecule has 1 amide bonds. The van der Waals surface area contributed by atoms with E-state index in [4.69, 9.17) is 0 Å². The van der Waals surface area contributed by atoms with E-state index in [0.29, 0.717) is 17.5 Å². The first-order chi connectivity index (χ1) is 8.74. The van der Waals surface area contributed by atoms with Gasteiger partial charge in [-0.15, -0.1) is 23.1 Å². The van der Waals surface area contributed by atoms with Crippen LogP contribution in [0.5, 0.6) is 0 Å². The molecule has 2 rings (SSSR count). The lowest BCUT2D eigenvalue weighted by molar-refractivity contribution is -0.118. The van der Waals surface area contributed by atoms with Gasteiger partial charge in [-0.1, -0.05) is 0 Å². The van der Waals surface area contributed by atoms with Gasteiger partial charge < -0.3 is 10.6 Å². The SMILES string of the molecule is Cc1ccc(CNC(=O)CSC2CCNCC2)s1. The van der Waals surface area contributed by atoms with Crippen molar-refractivity contribution in [3.63, 3.8) is 0 Å². The number of hydrogen-bond acceptors (Lipinski definition) is 4. The molecule has 1 aliphatic heterocycles. The van der Waals surface area contributed by atoms with Crippen LogP contribution in [-0.4, -0.2) is 30.0 Å². The molecule has 1 aliphatic rings. The maximum atomic E-state index is 11.7. The fraction of sp³-hybridized carbons (Fsp3) is 0.615. The van der Waals surface area contributed by atoms with Crippen molar-refractivity contribution < 1.29 is 4.79 Å². The summed E-state index contributed by atoms with van der Waals surface area (Å²) in [6.07, 6.45) is 2.37. The minimum absolute atomic E-state index is 0.157. The van der Waals surface area contributed by atoms with Gasteiger partial charge in [0.2, 0.25) is 5.91 Å². The summed E-state index contributed by atoms with van der Waals surface area (Å²) in [6.45, 7) is 4.94. The molecule has 2 heterocycles. The van der Waals surface area contributed by atoms with Crippen LogP contribution in [-0.2, 0) is 11.3 Å². The van der Waals surface area contributed by atoms with Crippen LogP contribution in [0.3, 0.4) is 0 Å². The number of thiophene rings is 1.